The number of halogens is 2. The molecule has 2 fully saturated rings. The summed E-state index contributed by atoms with van der Waals surface area (Å²) in [7, 11) is 100. The van der Waals surface area contributed by atoms with Crippen molar-refractivity contribution in [2.75, 3.05) is 32.7 Å². The van der Waals surface area contributed by atoms with Gasteiger partial charge in [0.1, 0.15) is 0 Å². The molecule has 0 bridgehead atoms. The van der Waals surface area contributed by atoms with Gasteiger partial charge >= 0.3 is 0 Å². The Morgan fingerprint density at radius 3 is 0.853 bits per heavy atom. The van der Waals surface area contributed by atoms with Crippen LogP contribution in [0.5, 0.6) is 0 Å². The predicted octanol–water partition coefficient (Wildman–Crippen LogP) is 6.15. The minimum Gasteiger partial charge on any atom is -0.343 e. The van der Waals surface area contributed by atoms with E-state index in [2.05, 4.69) is 47.9 Å². The molecule has 95 heavy (non-hydrogen) atoms. The van der Waals surface area contributed by atoms with Gasteiger partial charge in [-0.3, -0.25) is 14.5 Å². The van der Waals surface area contributed by atoms with Gasteiger partial charge in [0.05, 0.1) is 6.04 Å². The monoisotopic (exact) mass is 2400 g/mol. The number of hydrogen-bond donors (Lipinski definition) is 0. The van der Waals surface area contributed by atoms with E-state index in [1.54, 1.807) is 113 Å². The molecule has 0 aliphatic carbocycles. The van der Waals surface area contributed by atoms with E-state index in [1.165, 1.54) is 28.9 Å². The van der Waals surface area contributed by atoms with Crippen LogP contribution in [-0.2, 0) is 529 Å². The molecule has 2 aliphatic heterocycles. The van der Waals surface area contributed by atoms with E-state index >= 15 is 0 Å². The predicted molar refractivity (Wildman–Crippen MR) is 578 cm³/mol. The Bertz CT molecular complexity index is 5510. The molecule has 2 saturated heterocycles. The van der Waals surface area contributed by atoms with E-state index in [1.807, 2.05) is 402 Å². The van der Waals surface area contributed by atoms with Crippen molar-refractivity contribution in [1.82, 2.24) is 14.7 Å². The van der Waals surface area contributed by atoms with Crippen molar-refractivity contribution >= 4 is 555 Å². The van der Waals surface area contributed by atoms with Crippen molar-refractivity contribution < 1.29 is 9.59 Å². The molecule has 4 rings (SSSR count). The Balaban J connectivity index is 0.000000541. The molecule has 5 nitrogen and oxygen atoms in total. The van der Waals surface area contributed by atoms with Gasteiger partial charge in [0, 0.05) is 582 Å². The third-order valence-electron chi connectivity index (χ3n) is 9.37. The summed E-state index contributed by atoms with van der Waals surface area (Å²) in [5.41, 5.74) is 2.37. The molecule has 2 heterocycles. The van der Waals surface area contributed by atoms with Gasteiger partial charge in [-0.05, 0) is 66.5 Å². The summed E-state index contributed by atoms with van der Waals surface area (Å²) >= 11 is 22.1. The van der Waals surface area contributed by atoms with E-state index in [4.69, 9.17) is 45.6 Å². The van der Waals surface area contributed by atoms with Crippen molar-refractivity contribution in [3.63, 3.8) is 0 Å². The first-order chi connectivity index (χ1) is 46.6. The van der Waals surface area contributed by atoms with Crippen molar-refractivity contribution in [3.05, 3.63) is 69.7 Å². The SMILES string of the molecule is CC(=O)N1CCC(CC(=O)N2CCN(C(c3ccc(Cl)cc3)c3ccc(Cl)cc3)C[C@@H]2CC(C)C)CC1.S=S=S=S=S=S=S=S=S=S=S=S=S=S=S=S=S=S=S=S=S=S=S=S=S=S=S=S=S=S=S=S=S=S=S=S=S=S=S=S=S=S=S=S=S=S=S=S=S=S=S=S=S=S=S=S=S=S. The van der Waals surface area contributed by atoms with E-state index in [-0.39, 0.29) is 23.9 Å². The summed E-state index contributed by atoms with van der Waals surface area (Å²) in [5, 5.41) is 1.45. The normalized spacial score (nSPS) is 12.4. The molecular formula is C30H39Cl2N3O2S58. The van der Waals surface area contributed by atoms with Gasteiger partial charge in [0.2, 0.25) is 11.8 Å². The zero-order chi connectivity index (χ0) is 68.1. The van der Waals surface area contributed by atoms with Gasteiger partial charge in [-0.2, -0.15) is 0 Å². The second kappa shape index (κ2) is 74.8. The fraction of sp³-hybridized carbons (Fsp3) is 0.533. The Labute approximate surface area is 733 Å². The summed E-state index contributed by atoms with van der Waals surface area (Å²) in [6, 6.07) is 16.4. The quantitative estimate of drug-likeness (QED) is 0.334. The maximum atomic E-state index is 13.6. The summed E-state index contributed by atoms with van der Waals surface area (Å²) in [6.07, 6.45) is 3.38. The first-order valence-electron chi connectivity index (χ1n) is 23.0. The fourth-order valence-corrected chi connectivity index (χ4v) is 155. The number of amides is 2. The molecule has 1 atom stereocenters. The molecule has 0 saturated carbocycles. The fourth-order valence-electron chi connectivity index (χ4n) is 6.52. The Hall–Kier alpha value is 10.7. The lowest BCUT2D eigenvalue weighted by Gasteiger charge is -2.46. The van der Waals surface area contributed by atoms with Gasteiger partial charge in [0.25, 0.3) is 0 Å². The van der Waals surface area contributed by atoms with Gasteiger partial charge in [-0.15, -0.1) is 0 Å². The number of carbonyl (C=O) groups excluding carboxylic acids is 2. The van der Waals surface area contributed by atoms with Crippen molar-refractivity contribution in [1.29, 1.82) is 0 Å². The van der Waals surface area contributed by atoms with Crippen LogP contribution in [0.1, 0.15) is 63.6 Å². The highest BCUT2D eigenvalue weighted by molar-refractivity contribution is 8.83. The highest BCUT2D eigenvalue weighted by Crippen LogP contribution is 2.34. The maximum absolute atomic E-state index is 13.6. The summed E-state index contributed by atoms with van der Waals surface area (Å²) in [4.78, 5) is 31.8. The molecule has 0 unspecified atom stereocenters. The largest absolute Gasteiger partial charge is 0.343 e. The number of piperazine rings is 1. The number of hydrogen-bond acceptors (Lipinski definition) is 5. The lowest BCUT2D eigenvalue weighted by Crippen LogP contribution is -2.56. The average molecular weight is 2400 g/mol. The van der Waals surface area contributed by atoms with Crippen LogP contribution in [0.25, 0.3) is 0 Å². The summed E-state index contributed by atoms with van der Waals surface area (Å²) in [5.74, 6) is 1.25. The van der Waals surface area contributed by atoms with Crippen LogP contribution in [0, 0.1) is 11.8 Å². The molecule has 0 N–H and O–H groups in total. The topological polar surface area (TPSA) is 43.9 Å². The number of carbonyl (C=O) groups is 2. The second-order valence-corrected chi connectivity index (χ2v) is 115. The highest BCUT2D eigenvalue weighted by Gasteiger charge is 2.36. The molecule has 548 valence electrons. The first kappa shape index (κ1) is 99.9. The summed E-state index contributed by atoms with van der Waals surface area (Å²) in [6.45, 7) is 9.97. The number of piperidine rings is 1. The minimum absolute atomic E-state index is 0.0670. The molecule has 2 aliphatic rings. The van der Waals surface area contributed by atoms with E-state index < -0.39 is 0 Å². The Morgan fingerprint density at radius 2 is 0.632 bits per heavy atom. The third-order valence-corrected chi connectivity index (χ3v) is 132. The van der Waals surface area contributed by atoms with Crippen LogP contribution in [0.15, 0.2) is 48.5 Å². The van der Waals surface area contributed by atoms with Crippen LogP contribution >= 0.6 is 23.2 Å². The van der Waals surface area contributed by atoms with Crippen LogP contribution < -0.4 is 0 Å². The Kier molecular flexibility index (Phi) is 78.6. The maximum Gasteiger partial charge on any atom is 0.223 e. The van der Waals surface area contributed by atoms with Crippen LogP contribution in [-0.4, -0.2) is 65.3 Å². The van der Waals surface area contributed by atoms with Gasteiger partial charge < -0.3 is 9.80 Å². The van der Waals surface area contributed by atoms with Gasteiger partial charge in [-0.1, -0.05) is 61.3 Å². The number of likely N-dealkylation sites (tertiary alicyclic amines) is 1. The molecule has 0 radical (unpaired) electrons. The van der Waals surface area contributed by atoms with Crippen LogP contribution in [0.2, 0.25) is 10.0 Å². The lowest BCUT2D eigenvalue weighted by molar-refractivity contribution is -0.138. The number of benzene rings is 2. The molecule has 2 amide bonds. The smallest absolute Gasteiger partial charge is 0.223 e. The zero-order valence-electron chi connectivity index (χ0n) is 45.9. The minimum atomic E-state index is 0.0670. The number of rotatable bonds is 7. The van der Waals surface area contributed by atoms with Gasteiger partial charge in [0.15, 0.2) is 0 Å². The van der Waals surface area contributed by atoms with E-state index in [0.29, 0.717) is 18.3 Å². The molecule has 0 spiro atoms. The van der Waals surface area contributed by atoms with Gasteiger partial charge in [-0.25, -0.2) is 0 Å². The highest BCUT2D eigenvalue weighted by atomic mass is 35.5. The first-order valence-corrected chi connectivity index (χ1v) is 99.8. The van der Waals surface area contributed by atoms with Crippen molar-refractivity contribution in [2.24, 2.45) is 11.8 Å². The van der Waals surface area contributed by atoms with Crippen LogP contribution in [0.3, 0.4) is 0 Å². The average Bonchev–Trinajstić information content (AvgIpc) is 0.804. The van der Waals surface area contributed by atoms with Crippen LogP contribution in [0.4, 0.5) is 0 Å². The summed E-state index contributed by atoms with van der Waals surface area (Å²) < 4.78 is 0. The molecule has 2 aromatic rings. The zero-order valence-corrected chi connectivity index (χ0v) is 94.8. The van der Waals surface area contributed by atoms with E-state index in [0.717, 1.165) is 62.0 Å². The van der Waals surface area contributed by atoms with Crippen molar-refractivity contribution in [3.8, 4) is 0 Å². The molecule has 0 aromatic heterocycles. The van der Waals surface area contributed by atoms with E-state index in [9.17, 15) is 9.59 Å². The third kappa shape index (κ3) is 59.1. The second-order valence-electron chi connectivity index (χ2n) is 14.8. The standard InChI is InChI=1S/C30H39Cl2N3O2.S58/c1-21(2)18-28-20-34(16-17-35(28)29(37)19-23-12-14-33(15-13-23)22(3)36)30(24-4-8-26(31)9-5-24)25-6-10-27(32)11-7-25;1-3-5-7-9-11-13-15-17-19-21-23-25-27-29-31-33-35-37-39-41-43-45-47-49-51-53-55-57-58-56-54-52-50-48-46-44-42-40-38-36-34-32-30-28-26-24-22-20-18-16-14-12-10-8-6-4-2/h4-11,21,23,28,30H,12-20H2,1-3H3;/t28-;/m0./s1. The molecule has 65 heteroatoms. The Morgan fingerprint density at radius 1 is 0.389 bits per heavy atom. The van der Waals surface area contributed by atoms with Crippen molar-refractivity contribution in [2.45, 2.75) is 58.5 Å². The molecule has 2 aromatic carbocycles. The lowest BCUT2D eigenvalue weighted by atomic mass is 9.91. The molecular weight excluding hydrogens is 2370 g/mol. The number of nitrogens with zero attached hydrogens (tertiary/aromatic N) is 3.